The Morgan fingerprint density at radius 2 is 2.08 bits per heavy atom. The number of hydrogen-bond acceptors (Lipinski definition) is 4. The van der Waals surface area contributed by atoms with Gasteiger partial charge in [-0.2, -0.15) is 0 Å². The van der Waals surface area contributed by atoms with Crippen molar-refractivity contribution in [3.8, 4) is 0 Å². The summed E-state index contributed by atoms with van der Waals surface area (Å²) in [7, 11) is 0. The van der Waals surface area contributed by atoms with Crippen molar-refractivity contribution in [3.05, 3.63) is 29.6 Å². The van der Waals surface area contributed by atoms with Gasteiger partial charge in [0.25, 0.3) is 0 Å². The Labute approximate surface area is 68.4 Å². The summed E-state index contributed by atoms with van der Waals surface area (Å²) in [6.07, 6.45) is 1.47. The summed E-state index contributed by atoms with van der Waals surface area (Å²) in [6, 6.07) is 2.15. The first-order valence-electron chi connectivity index (χ1n) is 3.51. The van der Waals surface area contributed by atoms with Gasteiger partial charge in [-0.25, -0.2) is 0 Å². The topological polar surface area (TPSA) is 73.1 Å². The van der Waals surface area contributed by atoms with Gasteiger partial charge in [0.1, 0.15) is 11.7 Å². The Balaban J connectivity index is 2.67. The molecule has 2 N–H and O–H groups in total. The number of nitrogens with zero attached hydrogens (tertiary/aromatic N) is 1. The van der Waals surface area contributed by atoms with Crippen LogP contribution in [0.1, 0.15) is 20.8 Å². The molecule has 0 amide bonds. The maximum atomic E-state index is 11.2. The Bertz CT molecular complexity index is 338. The second-order valence-corrected chi connectivity index (χ2v) is 2.61. The summed E-state index contributed by atoms with van der Waals surface area (Å²) in [5, 5.41) is 0. The molecule has 1 atom stereocenters. The maximum absolute atomic E-state index is 11.2. The van der Waals surface area contributed by atoms with Crippen LogP contribution < -0.4 is 5.73 Å². The molecule has 0 unspecified atom stereocenters. The van der Waals surface area contributed by atoms with Crippen LogP contribution in [0.4, 0.5) is 0 Å². The van der Waals surface area contributed by atoms with Gasteiger partial charge in [0.15, 0.2) is 5.78 Å². The molecule has 0 bridgehead atoms. The van der Waals surface area contributed by atoms with Crippen molar-refractivity contribution in [3.63, 3.8) is 0 Å². The quantitative estimate of drug-likeness (QED) is 0.535. The van der Waals surface area contributed by atoms with E-state index in [1.807, 2.05) is 0 Å². The van der Waals surface area contributed by atoms with Crippen LogP contribution in [0.5, 0.6) is 0 Å². The normalized spacial score (nSPS) is 21.2. The van der Waals surface area contributed by atoms with Gasteiger partial charge in [-0.1, -0.05) is 0 Å². The minimum absolute atomic E-state index is 0.204. The molecule has 4 heteroatoms. The Morgan fingerprint density at radius 1 is 1.33 bits per heavy atom. The molecule has 0 spiro atoms. The standard InChI is InChI=1S/C8H6N2O2/c9-5-7(11)4-2-1-3-10-6(4)8(5)12/h1-3,5H,9H2/t5-/m1/s1. The summed E-state index contributed by atoms with van der Waals surface area (Å²) in [5.41, 5.74) is 5.88. The predicted octanol–water partition coefficient (Wildman–Crippen LogP) is -0.212. The van der Waals surface area contributed by atoms with E-state index in [2.05, 4.69) is 4.98 Å². The molecule has 1 aliphatic rings. The lowest BCUT2D eigenvalue weighted by atomic mass is 10.2. The number of ketones is 2. The molecule has 1 aromatic heterocycles. The van der Waals surface area contributed by atoms with Gasteiger partial charge in [-0.3, -0.25) is 14.6 Å². The van der Waals surface area contributed by atoms with Gasteiger partial charge in [0.2, 0.25) is 5.78 Å². The summed E-state index contributed by atoms with van der Waals surface area (Å²) in [5.74, 6) is -0.710. The van der Waals surface area contributed by atoms with Gasteiger partial charge in [0, 0.05) is 11.8 Å². The van der Waals surface area contributed by atoms with E-state index in [9.17, 15) is 9.59 Å². The molecule has 2 rings (SSSR count). The van der Waals surface area contributed by atoms with Crippen molar-refractivity contribution < 1.29 is 9.59 Å². The van der Waals surface area contributed by atoms with E-state index >= 15 is 0 Å². The summed E-state index contributed by atoms with van der Waals surface area (Å²) >= 11 is 0. The van der Waals surface area contributed by atoms with Crippen LogP contribution in [0.2, 0.25) is 0 Å². The molecule has 1 aliphatic carbocycles. The van der Waals surface area contributed by atoms with E-state index in [1.165, 1.54) is 6.20 Å². The molecule has 1 aromatic rings. The summed E-state index contributed by atoms with van der Waals surface area (Å²) in [4.78, 5) is 26.2. The molecule has 0 aromatic carbocycles. The van der Waals surface area contributed by atoms with Crippen molar-refractivity contribution in [1.82, 2.24) is 4.98 Å². The molecule has 0 saturated carbocycles. The Kier molecular flexibility index (Phi) is 1.31. The number of aromatic nitrogens is 1. The number of pyridine rings is 1. The lowest BCUT2D eigenvalue weighted by molar-refractivity contribution is 0.0891. The molecular weight excluding hydrogens is 156 g/mol. The van der Waals surface area contributed by atoms with Crippen molar-refractivity contribution >= 4 is 11.6 Å². The van der Waals surface area contributed by atoms with Crippen molar-refractivity contribution in [2.75, 3.05) is 0 Å². The molecular formula is C8H6N2O2. The fourth-order valence-corrected chi connectivity index (χ4v) is 1.23. The Hall–Kier alpha value is -1.55. The second kappa shape index (κ2) is 2.22. The molecule has 0 fully saturated rings. The molecule has 4 nitrogen and oxygen atoms in total. The van der Waals surface area contributed by atoms with Gasteiger partial charge in [-0.15, -0.1) is 0 Å². The number of Topliss-reactive ketones (excluding diaryl/α,β-unsaturated/α-hetero) is 2. The molecule has 12 heavy (non-hydrogen) atoms. The van der Waals surface area contributed by atoms with Gasteiger partial charge in [-0.05, 0) is 12.1 Å². The van der Waals surface area contributed by atoms with E-state index in [4.69, 9.17) is 5.73 Å². The third-order valence-corrected chi connectivity index (χ3v) is 1.87. The molecule has 0 aliphatic heterocycles. The van der Waals surface area contributed by atoms with E-state index in [0.717, 1.165) is 0 Å². The van der Waals surface area contributed by atoms with Gasteiger partial charge in [0.05, 0.1) is 0 Å². The number of carbonyl (C=O) groups excluding carboxylic acids is 2. The third kappa shape index (κ3) is 0.724. The first-order chi connectivity index (χ1) is 5.72. The lowest BCUT2D eigenvalue weighted by Gasteiger charge is -1.92. The van der Waals surface area contributed by atoms with E-state index in [0.29, 0.717) is 5.56 Å². The fraction of sp³-hybridized carbons (Fsp3) is 0.125. The molecule has 0 radical (unpaired) electrons. The van der Waals surface area contributed by atoms with Crippen LogP contribution in [0.3, 0.4) is 0 Å². The van der Waals surface area contributed by atoms with Crippen LogP contribution >= 0.6 is 0 Å². The fourth-order valence-electron chi connectivity index (χ4n) is 1.23. The lowest BCUT2D eigenvalue weighted by Crippen LogP contribution is -2.32. The zero-order valence-electron chi connectivity index (χ0n) is 6.15. The highest BCUT2D eigenvalue weighted by atomic mass is 16.2. The number of fused-ring (bicyclic) bond motifs is 1. The first-order valence-corrected chi connectivity index (χ1v) is 3.51. The summed E-state index contributed by atoms with van der Waals surface area (Å²) < 4.78 is 0. The SMILES string of the molecule is N[C@@H]1C(=O)c2cccnc2C1=O. The monoisotopic (exact) mass is 162 g/mol. The number of carbonyl (C=O) groups is 2. The molecule has 0 saturated heterocycles. The minimum atomic E-state index is -1.03. The van der Waals surface area contributed by atoms with E-state index < -0.39 is 6.04 Å². The Morgan fingerprint density at radius 3 is 2.75 bits per heavy atom. The highest BCUT2D eigenvalue weighted by Crippen LogP contribution is 2.17. The van der Waals surface area contributed by atoms with Gasteiger partial charge >= 0.3 is 0 Å². The number of nitrogens with two attached hydrogens (primary N) is 1. The highest BCUT2D eigenvalue weighted by molar-refractivity contribution is 6.28. The van der Waals surface area contributed by atoms with Crippen LogP contribution in [0.15, 0.2) is 18.3 Å². The number of hydrogen-bond donors (Lipinski definition) is 1. The highest BCUT2D eigenvalue weighted by Gasteiger charge is 2.36. The summed E-state index contributed by atoms with van der Waals surface area (Å²) in [6.45, 7) is 0. The predicted molar refractivity (Wildman–Crippen MR) is 40.9 cm³/mol. The first kappa shape index (κ1) is 7.12. The second-order valence-electron chi connectivity index (χ2n) is 2.61. The number of rotatable bonds is 0. The average molecular weight is 162 g/mol. The van der Waals surface area contributed by atoms with Crippen molar-refractivity contribution in [1.29, 1.82) is 0 Å². The van der Waals surface area contributed by atoms with E-state index in [-0.39, 0.29) is 17.3 Å². The van der Waals surface area contributed by atoms with E-state index in [1.54, 1.807) is 12.1 Å². The minimum Gasteiger partial charge on any atom is -0.315 e. The van der Waals surface area contributed by atoms with Crippen molar-refractivity contribution in [2.45, 2.75) is 6.04 Å². The average Bonchev–Trinajstić information content (AvgIpc) is 2.33. The van der Waals surface area contributed by atoms with Crippen LogP contribution in [-0.4, -0.2) is 22.6 Å². The largest absolute Gasteiger partial charge is 0.315 e. The van der Waals surface area contributed by atoms with Crippen LogP contribution in [0.25, 0.3) is 0 Å². The maximum Gasteiger partial charge on any atom is 0.206 e. The van der Waals surface area contributed by atoms with Crippen LogP contribution in [0, 0.1) is 0 Å². The smallest absolute Gasteiger partial charge is 0.206 e. The molecule has 1 heterocycles. The zero-order chi connectivity index (χ0) is 8.72. The van der Waals surface area contributed by atoms with Crippen LogP contribution in [-0.2, 0) is 0 Å². The zero-order valence-corrected chi connectivity index (χ0v) is 6.15. The third-order valence-electron chi connectivity index (χ3n) is 1.87. The van der Waals surface area contributed by atoms with Crippen molar-refractivity contribution in [2.24, 2.45) is 5.73 Å². The van der Waals surface area contributed by atoms with Gasteiger partial charge < -0.3 is 5.73 Å². The molecule has 60 valence electrons.